The minimum atomic E-state index is -0.496. The molecule has 15 heavy (non-hydrogen) atoms. The van der Waals surface area contributed by atoms with Gasteiger partial charge in [-0.3, -0.25) is 0 Å². The average molecular weight is 236 g/mol. The molecule has 0 aliphatic carbocycles. The summed E-state index contributed by atoms with van der Waals surface area (Å²) >= 11 is 0. The van der Waals surface area contributed by atoms with Crippen LogP contribution in [-0.2, 0) is 6.42 Å². The monoisotopic (exact) mass is 235 g/mol. The maximum absolute atomic E-state index is 9.35. The molecule has 0 radical (unpaired) electrons. The highest BCUT2D eigenvalue weighted by Gasteiger charge is 2.10. The predicted molar refractivity (Wildman–Crippen MR) is 57.4 cm³/mol. The summed E-state index contributed by atoms with van der Waals surface area (Å²) in [5.74, 6) is -0.851. The van der Waals surface area contributed by atoms with Crippen LogP contribution in [0.1, 0.15) is 5.56 Å². The minimum absolute atomic E-state index is 0. The number of benzene rings is 1. The van der Waals surface area contributed by atoms with E-state index in [2.05, 4.69) is 0 Å². The summed E-state index contributed by atoms with van der Waals surface area (Å²) in [6.07, 6.45) is 0.232. The van der Waals surface area contributed by atoms with Crippen molar-refractivity contribution in [2.24, 2.45) is 5.73 Å². The normalized spacial score (nSPS) is 11.9. The molecule has 0 aliphatic rings. The van der Waals surface area contributed by atoms with Gasteiger partial charge >= 0.3 is 0 Å². The van der Waals surface area contributed by atoms with E-state index in [4.69, 9.17) is 21.1 Å². The third-order valence-corrected chi connectivity index (χ3v) is 1.89. The number of aromatic hydroxyl groups is 3. The van der Waals surface area contributed by atoms with Crippen molar-refractivity contribution in [1.29, 1.82) is 0 Å². The third kappa shape index (κ3) is 3.47. The molecule has 0 saturated carbocycles. The van der Waals surface area contributed by atoms with Crippen molar-refractivity contribution >= 4 is 12.4 Å². The Morgan fingerprint density at radius 2 is 1.60 bits per heavy atom. The molecule has 0 fully saturated rings. The van der Waals surface area contributed by atoms with Gasteiger partial charge < -0.3 is 26.2 Å². The molecule has 6 N–H and O–H groups in total. The van der Waals surface area contributed by atoms with Crippen molar-refractivity contribution in [3.63, 3.8) is 0 Å². The number of halogens is 1. The third-order valence-electron chi connectivity index (χ3n) is 1.89. The van der Waals surface area contributed by atoms with Crippen LogP contribution in [0.25, 0.3) is 0 Å². The zero-order valence-corrected chi connectivity index (χ0v) is 8.74. The molecule has 0 saturated heterocycles. The largest absolute Gasteiger partial charge is 0.508 e. The van der Waals surface area contributed by atoms with Crippen molar-refractivity contribution in [1.82, 2.24) is 0 Å². The molecule has 0 heterocycles. The Morgan fingerprint density at radius 1 is 1.07 bits per heavy atom. The van der Waals surface area contributed by atoms with Crippen LogP contribution in [0.3, 0.4) is 0 Å². The number of phenols is 3. The minimum Gasteiger partial charge on any atom is -0.508 e. The van der Waals surface area contributed by atoms with Crippen LogP contribution in [0, 0.1) is 0 Å². The molecule has 0 spiro atoms. The molecule has 0 aromatic heterocycles. The van der Waals surface area contributed by atoms with Gasteiger partial charge in [-0.15, -0.1) is 12.4 Å². The topological polar surface area (TPSA) is 107 Å². The molecule has 1 atom stereocenters. The molecule has 1 aromatic carbocycles. The quantitative estimate of drug-likeness (QED) is 0.377. The first-order valence-corrected chi connectivity index (χ1v) is 4.15. The molecule has 6 heteroatoms. The van der Waals surface area contributed by atoms with Gasteiger partial charge in [0.25, 0.3) is 0 Å². The summed E-state index contributed by atoms with van der Waals surface area (Å²) in [7, 11) is 0. The van der Waals surface area contributed by atoms with Gasteiger partial charge in [-0.05, 0) is 18.1 Å². The van der Waals surface area contributed by atoms with E-state index in [9.17, 15) is 5.11 Å². The number of phenolic OH excluding ortho intramolecular Hbond substituents is 3. The van der Waals surface area contributed by atoms with Gasteiger partial charge in [0.1, 0.15) is 5.75 Å². The van der Waals surface area contributed by atoms with Crippen molar-refractivity contribution in [2.45, 2.75) is 12.5 Å². The molecular formula is C9H14ClNO4. The summed E-state index contributed by atoms with van der Waals surface area (Å²) in [6, 6.07) is 1.76. The first kappa shape index (κ1) is 13.8. The molecule has 5 nitrogen and oxygen atoms in total. The molecule has 1 unspecified atom stereocenters. The van der Waals surface area contributed by atoms with Crippen molar-refractivity contribution in [3.8, 4) is 17.2 Å². The van der Waals surface area contributed by atoms with E-state index in [-0.39, 0.29) is 42.7 Å². The first-order chi connectivity index (χ1) is 6.54. The van der Waals surface area contributed by atoms with Gasteiger partial charge in [0.15, 0.2) is 11.5 Å². The summed E-state index contributed by atoms with van der Waals surface area (Å²) in [5, 5.41) is 36.2. The van der Waals surface area contributed by atoms with E-state index in [0.717, 1.165) is 6.07 Å². The smallest absolute Gasteiger partial charge is 0.161 e. The van der Waals surface area contributed by atoms with Crippen LogP contribution in [-0.4, -0.2) is 33.1 Å². The Labute approximate surface area is 93.2 Å². The number of aliphatic hydroxyl groups excluding tert-OH is 1. The maximum atomic E-state index is 9.35. The molecular weight excluding hydrogens is 222 g/mol. The molecule has 1 rings (SSSR count). The zero-order valence-electron chi connectivity index (χ0n) is 7.92. The second-order valence-corrected chi connectivity index (χ2v) is 3.12. The van der Waals surface area contributed by atoms with Crippen LogP contribution in [0.5, 0.6) is 17.2 Å². The van der Waals surface area contributed by atoms with E-state index in [1.807, 2.05) is 0 Å². The van der Waals surface area contributed by atoms with Crippen LogP contribution in [0.4, 0.5) is 0 Å². The summed E-state index contributed by atoms with van der Waals surface area (Å²) in [6.45, 7) is -0.207. The Balaban J connectivity index is 0.00000196. The Hall–Kier alpha value is -1.17. The Kier molecular flexibility index (Phi) is 5.21. The van der Waals surface area contributed by atoms with Crippen molar-refractivity contribution in [2.75, 3.05) is 6.61 Å². The lowest BCUT2D eigenvalue weighted by molar-refractivity contribution is 0.264. The second-order valence-electron chi connectivity index (χ2n) is 3.12. The molecule has 0 amide bonds. The maximum Gasteiger partial charge on any atom is 0.161 e. The van der Waals surface area contributed by atoms with Gasteiger partial charge in [-0.1, -0.05) is 0 Å². The van der Waals surface area contributed by atoms with E-state index >= 15 is 0 Å². The SMILES string of the molecule is Cl.NC(CO)Cc1cc(O)c(O)cc1O. The van der Waals surface area contributed by atoms with Crippen molar-refractivity contribution < 1.29 is 20.4 Å². The van der Waals surface area contributed by atoms with Gasteiger partial charge in [-0.25, -0.2) is 0 Å². The van der Waals surface area contributed by atoms with E-state index < -0.39 is 6.04 Å². The fourth-order valence-electron chi connectivity index (χ4n) is 1.12. The molecule has 0 aliphatic heterocycles. The first-order valence-electron chi connectivity index (χ1n) is 4.15. The standard InChI is InChI=1S/C9H13NO4.ClH/c10-6(4-11)1-5-2-8(13)9(14)3-7(5)12;/h2-3,6,11-14H,1,4,10H2;1H. The molecule has 1 aromatic rings. The lowest BCUT2D eigenvalue weighted by Crippen LogP contribution is -2.26. The Morgan fingerprint density at radius 3 is 2.13 bits per heavy atom. The number of rotatable bonds is 3. The average Bonchev–Trinajstić information content (AvgIpc) is 2.14. The van der Waals surface area contributed by atoms with Crippen LogP contribution in [0.2, 0.25) is 0 Å². The highest BCUT2D eigenvalue weighted by Crippen LogP contribution is 2.32. The van der Waals surface area contributed by atoms with Crippen LogP contribution < -0.4 is 5.73 Å². The number of aliphatic hydroxyl groups is 1. The lowest BCUT2D eigenvalue weighted by atomic mass is 10.1. The predicted octanol–water partition coefficient (Wildman–Crippen LogP) is 0.0873. The number of hydrogen-bond acceptors (Lipinski definition) is 5. The lowest BCUT2D eigenvalue weighted by Gasteiger charge is -2.10. The van der Waals surface area contributed by atoms with E-state index in [0.29, 0.717) is 5.56 Å². The summed E-state index contributed by atoms with van der Waals surface area (Å²) in [5.41, 5.74) is 5.85. The molecule has 0 bridgehead atoms. The highest BCUT2D eigenvalue weighted by atomic mass is 35.5. The summed E-state index contributed by atoms with van der Waals surface area (Å²) in [4.78, 5) is 0. The van der Waals surface area contributed by atoms with E-state index in [1.165, 1.54) is 6.07 Å². The van der Waals surface area contributed by atoms with E-state index in [1.54, 1.807) is 0 Å². The van der Waals surface area contributed by atoms with Crippen molar-refractivity contribution in [3.05, 3.63) is 17.7 Å². The number of hydrogen-bond donors (Lipinski definition) is 5. The van der Waals surface area contributed by atoms with Gasteiger partial charge in [-0.2, -0.15) is 0 Å². The highest BCUT2D eigenvalue weighted by molar-refractivity contribution is 5.85. The number of nitrogens with two attached hydrogens (primary N) is 1. The second kappa shape index (κ2) is 5.65. The van der Waals surface area contributed by atoms with Gasteiger partial charge in [0.05, 0.1) is 6.61 Å². The van der Waals surface area contributed by atoms with Gasteiger partial charge in [0.2, 0.25) is 0 Å². The van der Waals surface area contributed by atoms with Gasteiger partial charge in [0, 0.05) is 12.1 Å². The fourth-order valence-corrected chi connectivity index (χ4v) is 1.12. The Bertz CT molecular complexity index is 332. The van der Waals surface area contributed by atoms with Crippen LogP contribution >= 0.6 is 12.4 Å². The van der Waals surface area contributed by atoms with Crippen LogP contribution in [0.15, 0.2) is 12.1 Å². The molecule has 86 valence electrons. The fraction of sp³-hybridized carbons (Fsp3) is 0.333. The zero-order chi connectivity index (χ0) is 10.7. The summed E-state index contributed by atoms with van der Waals surface area (Å²) < 4.78 is 0.